The van der Waals surface area contributed by atoms with Gasteiger partial charge < -0.3 is 9.47 Å². The van der Waals surface area contributed by atoms with E-state index >= 15 is 0 Å². The Morgan fingerprint density at radius 3 is 2.20 bits per heavy atom. The van der Waals surface area contributed by atoms with Crippen LogP contribution in [0.3, 0.4) is 0 Å². The number of amides is 1. The van der Waals surface area contributed by atoms with Gasteiger partial charge in [0.05, 0.1) is 24.1 Å². The first-order valence-corrected chi connectivity index (χ1v) is 15.0. The molecule has 0 saturated carbocycles. The summed E-state index contributed by atoms with van der Waals surface area (Å²) < 4.78 is 12.5. The molecule has 1 fully saturated rings. The number of carbonyl (C=O) groups excluding carboxylic acids is 1. The number of anilines is 2. The molecule has 4 nitrogen and oxygen atoms in total. The number of rotatable bonds is 6. The Morgan fingerprint density at radius 2 is 1.55 bits per heavy atom. The molecule has 6 heteroatoms. The van der Waals surface area contributed by atoms with Crippen molar-refractivity contribution in [3.63, 3.8) is 0 Å². The van der Waals surface area contributed by atoms with Crippen molar-refractivity contribution in [2.24, 2.45) is 11.8 Å². The number of hydrogen-bond acceptors (Lipinski definition) is 4. The maximum Gasteiger partial charge on any atom is 0.269 e. The molecule has 4 aromatic rings. The van der Waals surface area contributed by atoms with Gasteiger partial charge in [-0.1, -0.05) is 91.8 Å². The summed E-state index contributed by atoms with van der Waals surface area (Å²) in [4.78, 5) is 17.4. The van der Waals surface area contributed by atoms with Gasteiger partial charge in [0.25, 0.3) is 5.91 Å². The molecule has 204 valence electrons. The molecule has 4 aromatic carbocycles. The second-order valence-electron chi connectivity index (χ2n) is 10.7. The van der Waals surface area contributed by atoms with Gasteiger partial charge in [-0.2, -0.15) is 0 Å². The van der Waals surface area contributed by atoms with Gasteiger partial charge in [-0.05, 0) is 71.8 Å². The zero-order chi connectivity index (χ0) is 27.6. The quantitative estimate of drug-likeness (QED) is 0.232. The predicted molar refractivity (Wildman–Crippen MR) is 162 cm³/mol. The molecule has 3 atom stereocenters. The molecule has 2 heterocycles. The standard InChI is InChI=1S/C34H32ClNO3S/c1-22(2)27-19-24(26-9-3-4-10-28(26)35)20-39-34(27)23-15-17-25(18-16-23)38-21-33(37)36-29-11-5-7-13-31(29)40-32-14-8-6-12-30(32)36/h3-18,22,24,27,34H,19-21H2,1-2H3/t24-,27-,34-/m0/s1. The van der Waals surface area contributed by atoms with Crippen molar-refractivity contribution in [2.75, 3.05) is 18.1 Å². The summed E-state index contributed by atoms with van der Waals surface area (Å²) in [6.07, 6.45) is 1.03. The second kappa shape index (κ2) is 11.7. The lowest BCUT2D eigenvalue weighted by molar-refractivity contribution is -0.119. The number of carbonyl (C=O) groups is 1. The first kappa shape index (κ1) is 26.9. The molecule has 0 N–H and O–H groups in total. The molecule has 0 unspecified atom stereocenters. The normalized spacial score (nSPS) is 20.1. The Balaban J connectivity index is 1.14. The molecular formula is C34H32ClNO3S. The average Bonchev–Trinajstić information content (AvgIpc) is 2.99. The summed E-state index contributed by atoms with van der Waals surface area (Å²) in [5.41, 5.74) is 4.07. The highest BCUT2D eigenvalue weighted by molar-refractivity contribution is 7.99. The lowest BCUT2D eigenvalue weighted by Crippen LogP contribution is -2.32. The van der Waals surface area contributed by atoms with Crippen LogP contribution in [-0.2, 0) is 9.53 Å². The molecular weight excluding hydrogens is 538 g/mol. The van der Waals surface area contributed by atoms with Gasteiger partial charge >= 0.3 is 0 Å². The van der Waals surface area contributed by atoms with Crippen LogP contribution in [0.5, 0.6) is 5.75 Å². The summed E-state index contributed by atoms with van der Waals surface area (Å²) in [5.74, 6) is 1.66. The van der Waals surface area contributed by atoms with Gasteiger partial charge in [-0.3, -0.25) is 9.69 Å². The molecule has 1 saturated heterocycles. The molecule has 1 amide bonds. The topological polar surface area (TPSA) is 38.8 Å². The van der Waals surface area contributed by atoms with Crippen LogP contribution in [0.15, 0.2) is 107 Å². The highest BCUT2D eigenvalue weighted by Gasteiger charge is 2.35. The Labute approximate surface area is 245 Å². The Kier molecular flexibility index (Phi) is 7.88. The molecule has 40 heavy (non-hydrogen) atoms. The van der Waals surface area contributed by atoms with Crippen LogP contribution in [-0.4, -0.2) is 19.1 Å². The first-order chi connectivity index (χ1) is 19.5. The zero-order valence-corrected chi connectivity index (χ0v) is 24.2. The minimum absolute atomic E-state index is 0.00766. The monoisotopic (exact) mass is 569 g/mol. The van der Waals surface area contributed by atoms with Gasteiger partial charge in [-0.15, -0.1) is 0 Å². The number of nitrogens with zero attached hydrogens (tertiary/aromatic N) is 1. The van der Waals surface area contributed by atoms with E-state index in [-0.39, 0.29) is 24.5 Å². The third-order valence-electron chi connectivity index (χ3n) is 7.88. The van der Waals surface area contributed by atoms with Crippen molar-refractivity contribution < 1.29 is 14.3 Å². The number of halogens is 1. The van der Waals surface area contributed by atoms with E-state index in [0.29, 0.717) is 24.2 Å². The van der Waals surface area contributed by atoms with Crippen LogP contribution in [0.2, 0.25) is 5.02 Å². The van der Waals surface area contributed by atoms with Gasteiger partial charge in [0.1, 0.15) is 5.75 Å². The number of ether oxygens (including phenoxy) is 2. The summed E-state index contributed by atoms with van der Waals surface area (Å²) in [7, 11) is 0. The number of hydrogen-bond donors (Lipinski definition) is 0. The highest BCUT2D eigenvalue weighted by Crippen LogP contribution is 2.48. The van der Waals surface area contributed by atoms with Crippen molar-refractivity contribution in [3.8, 4) is 5.75 Å². The second-order valence-corrected chi connectivity index (χ2v) is 12.2. The molecule has 0 aliphatic carbocycles. The lowest BCUT2D eigenvalue weighted by Gasteiger charge is -2.39. The molecule has 2 aliphatic rings. The minimum Gasteiger partial charge on any atom is -0.484 e. The summed E-state index contributed by atoms with van der Waals surface area (Å²) >= 11 is 8.19. The van der Waals surface area contributed by atoms with E-state index in [1.807, 2.05) is 78.9 Å². The Morgan fingerprint density at radius 1 is 0.925 bits per heavy atom. The summed E-state index contributed by atoms with van der Waals surface area (Å²) in [5, 5.41) is 0.809. The van der Waals surface area contributed by atoms with E-state index in [9.17, 15) is 4.79 Å². The fourth-order valence-electron chi connectivity index (χ4n) is 5.79. The van der Waals surface area contributed by atoms with Crippen LogP contribution >= 0.6 is 23.4 Å². The molecule has 0 aromatic heterocycles. The molecule has 0 radical (unpaired) electrons. The lowest BCUT2D eigenvalue weighted by atomic mass is 9.76. The van der Waals surface area contributed by atoms with E-state index in [1.54, 1.807) is 16.7 Å². The molecule has 6 rings (SSSR count). The van der Waals surface area contributed by atoms with Gasteiger partial charge in [0.15, 0.2) is 6.61 Å². The number of fused-ring (bicyclic) bond motifs is 2. The van der Waals surface area contributed by atoms with Crippen LogP contribution in [0.1, 0.15) is 43.4 Å². The van der Waals surface area contributed by atoms with Crippen molar-refractivity contribution in [3.05, 3.63) is 113 Å². The van der Waals surface area contributed by atoms with Crippen molar-refractivity contribution in [1.29, 1.82) is 0 Å². The van der Waals surface area contributed by atoms with Crippen molar-refractivity contribution in [2.45, 2.75) is 42.1 Å². The van der Waals surface area contributed by atoms with Crippen molar-refractivity contribution in [1.82, 2.24) is 0 Å². The van der Waals surface area contributed by atoms with Gasteiger partial charge in [-0.25, -0.2) is 0 Å². The fraction of sp³-hybridized carbons (Fsp3) is 0.265. The largest absolute Gasteiger partial charge is 0.484 e. The highest BCUT2D eigenvalue weighted by atomic mass is 35.5. The fourth-order valence-corrected chi connectivity index (χ4v) is 7.14. The first-order valence-electron chi connectivity index (χ1n) is 13.8. The third kappa shape index (κ3) is 5.38. The van der Waals surface area contributed by atoms with Crippen LogP contribution < -0.4 is 9.64 Å². The van der Waals surface area contributed by atoms with Gasteiger partial charge in [0.2, 0.25) is 0 Å². The maximum absolute atomic E-state index is 13.5. The molecule has 2 aliphatic heterocycles. The van der Waals surface area contributed by atoms with E-state index in [2.05, 4.69) is 32.0 Å². The van der Waals surface area contributed by atoms with E-state index in [4.69, 9.17) is 21.1 Å². The average molecular weight is 570 g/mol. The van der Waals surface area contributed by atoms with E-state index < -0.39 is 0 Å². The van der Waals surface area contributed by atoms with Crippen LogP contribution in [0.4, 0.5) is 11.4 Å². The predicted octanol–water partition coefficient (Wildman–Crippen LogP) is 9.07. The minimum atomic E-state index is -0.106. The smallest absolute Gasteiger partial charge is 0.269 e. The number of para-hydroxylation sites is 2. The van der Waals surface area contributed by atoms with Crippen LogP contribution in [0, 0.1) is 11.8 Å². The Hall–Kier alpha value is -3.25. The van der Waals surface area contributed by atoms with E-state index in [1.165, 1.54) is 5.56 Å². The molecule has 0 spiro atoms. The molecule has 0 bridgehead atoms. The van der Waals surface area contributed by atoms with Crippen molar-refractivity contribution >= 4 is 40.6 Å². The maximum atomic E-state index is 13.5. The number of benzene rings is 4. The summed E-state index contributed by atoms with van der Waals surface area (Å²) in [6.45, 7) is 5.10. The van der Waals surface area contributed by atoms with Crippen LogP contribution in [0.25, 0.3) is 0 Å². The zero-order valence-electron chi connectivity index (χ0n) is 22.6. The Bertz CT molecular complexity index is 1460. The van der Waals surface area contributed by atoms with Gasteiger partial charge in [0, 0.05) is 20.7 Å². The third-order valence-corrected chi connectivity index (χ3v) is 9.35. The SMILES string of the molecule is CC(C)[C@@H]1C[C@H](c2ccccc2Cl)CO[C@H]1c1ccc(OCC(=O)N2c3ccccc3Sc3ccccc32)cc1. The van der Waals surface area contributed by atoms with E-state index in [0.717, 1.165) is 38.2 Å². The summed E-state index contributed by atoms with van der Waals surface area (Å²) in [6, 6.07) is 32.1.